The van der Waals surface area contributed by atoms with Gasteiger partial charge in [-0.3, -0.25) is 0 Å². The molecule has 31 heavy (non-hydrogen) atoms. The van der Waals surface area contributed by atoms with Crippen LogP contribution in [-0.2, 0) is 10.0 Å². The molecule has 164 valence electrons. The molecule has 0 atom stereocenters. The predicted molar refractivity (Wildman–Crippen MR) is 112 cm³/mol. The lowest BCUT2D eigenvalue weighted by molar-refractivity contribution is 0.412. The second-order valence-corrected chi connectivity index (χ2v) is 8.99. The minimum atomic E-state index is -4.03. The number of nitrogens with zero attached hydrogens (tertiary/aromatic N) is 1. The van der Waals surface area contributed by atoms with Gasteiger partial charge < -0.3 is 4.90 Å². The van der Waals surface area contributed by atoms with E-state index in [0.717, 1.165) is 41.1 Å². The minimum absolute atomic E-state index is 0.0373. The monoisotopic (exact) mass is 452 g/mol. The first kappa shape index (κ1) is 22.8. The van der Waals surface area contributed by atoms with Crippen LogP contribution < -0.4 is 10.0 Å². The first-order valence-electron chi connectivity index (χ1n) is 9.12. The summed E-state index contributed by atoms with van der Waals surface area (Å²) in [6.07, 6.45) is 0. The molecular weight excluding hydrogens is 432 g/mol. The van der Waals surface area contributed by atoms with Crippen LogP contribution >= 0.6 is 0 Å². The Morgan fingerprint density at radius 2 is 1.16 bits per heavy atom. The first-order valence-corrected chi connectivity index (χ1v) is 10.7. The van der Waals surface area contributed by atoms with Crippen LogP contribution in [0.15, 0.2) is 41.3 Å². The molecule has 0 aromatic heterocycles. The maximum absolute atomic E-state index is 15.0. The second-order valence-electron chi connectivity index (χ2n) is 7.43. The zero-order valence-electron chi connectivity index (χ0n) is 17.2. The van der Waals surface area contributed by atoms with E-state index in [0.29, 0.717) is 0 Å². The molecule has 0 aliphatic rings. The molecule has 0 radical (unpaired) electrons. The Bertz CT molecular complexity index is 1270. The van der Waals surface area contributed by atoms with Crippen molar-refractivity contribution in [1.82, 2.24) is 0 Å². The van der Waals surface area contributed by atoms with Crippen LogP contribution in [0.3, 0.4) is 0 Å². The summed E-state index contributed by atoms with van der Waals surface area (Å²) in [5, 5.41) is 5.06. The van der Waals surface area contributed by atoms with Gasteiger partial charge >= 0.3 is 0 Å². The highest BCUT2D eigenvalue weighted by Crippen LogP contribution is 2.41. The number of nitrogens with two attached hydrogens (primary N) is 1. The third kappa shape index (κ3) is 4.03. The topological polar surface area (TPSA) is 63.4 Å². The quantitative estimate of drug-likeness (QED) is 0.348. The van der Waals surface area contributed by atoms with Gasteiger partial charge in [0.1, 0.15) is 0 Å². The molecule has 0 fully saturated rings. The molecule has 0 saturated heterocycles. The normalized spacial score (nSPS) is 11.6. The van der Waals surface area contributed by atoms with Gasteiger partial charge in [0.15, 0.2) is 23.3 Å². The predicted octanol–water partition coefficient (Wildman–Crippen LogP) is 4.91. The van der Waals surface area contributed by atoms with E-state index in [4.69, 9.17) is 5.14 Å². The number of primary sulfonamides is 1. The molecule has 9 heteroatoms. The number of benzene rings is 3. The summed E-state index contributed by atoms with van der Waals surface area (Å²) in [5.74, 6) is -7.00. The van der Waals surface area contributed by atoms with E-state index in [-0.39, 0.29) is 16.0 Å². The third-order valence-electron chi connectivity index (χ3n) is 4.97. The summed E-state index contributed by atoms with van der Waals surface area (Å²) in [6.45, 7) is 3.53. The largest absolute Gasteiger partial charge is 0.377 e. The van der Waals surface area contributed by atoms with Crippen LogP contribution in [0.25, 0.3) is 22.3 Å². The van der Waals surface area contributed by atoms with Crippen molar-refractivity contribution >= 4 is 15.7 Å². The van der Waals surface area contributed by atoms with E-state index >= 15 is 0 Å². The Hall–Kier alpha value is -2.91. The van der Waals surface area contributed by atoms with Crippen molar-refractivity contribution in [3.05, 3.63) is 70.8 Å². The van der Waals surface area contributed by atoms with E-state index < -0.39 is 44.4 Å². The summed E-state index contributed by atoms with van der Waals surface area (Å²) < 4.78 is 81.1. The van der Waals surface area contributed by atoms with Gasteiger partial charge in [-0.1, -0.05) is 12.1 Å². The number of rotatable bonds is 4. The lowest BCUT2D eigenvalue weighted by atomic mass is 9.90. The number of halogens is 4. The maximum atomic E-state index is 15.0. The standard InChI is InChI=1S/C22H20F4N2O2S/c1-11-9-14(10-12(2)22(11)28(3)4)17-16(18(23)20(25)21(26)19(17)24)13-5-7-15(8-6-13)31(27,29)30/h5-10H,1-4H3,(H2,27,29,30). The van der Waals surface area contributed by atoms with Crippen LogP contribution in [-0.4, -0.2) is 22.5 Å². The van der Waals surface area contributed by atoms with Crippen LogP contribution in [0, 0.1) is 37.1 Å². The lowest BCUT2D eigenvalue weighted by Crippen LogP contribution is -2.12. The fourth-order valence-electron chi connectivity index (χ4n) is 3.79. The fourth-order valence-corrected chi connectivity index (χ4v) is 4.31. The van der Waals surface area contributed by atoms with Gasteiger partial charge in [-0.15, -0.1) is 0 Å². The third-order valence-corrected chi connectivity index (χ3v) is 5.89. The van der Waals surface area contributed by atoms with Crippen molar-refractivity contribution in [3.63, 3.8) is 0 Å². The van der Waals surface area contributed by atoms with Gasteiger partial charge in [0.2, 0.25) is 10.0 Å². The summed E-state index contributed by atoms with van der Waals surface area (Å²) in [6, 6.07) is 7.59. The Morgan fingerprint density at radius 3 is 1.55 bits per heavy atom. The number of hydrogen-bond donors (Lipinski definition) is 1. The molecule has 2 N–H and O–H groups in total. The summed E-state index contributed by atoms with van der Waals surface area (Å²) in [5.41, 5.74) is 1.43. The highest BCUT2D eigenvalue weighted by atomic mass is 32.2. The van der Waals surface area contributed by atoms with Crippen LogP contribution in [0.2, 0.25) is 0 Å². The molecule has 3 aromatic carbocycles. The van der Waals surface area contributed by atoms with Crippen LogP contribution in [0.1, 0.15) is 11.1 Å². The van der Waals surface area contributed by atoms with Gasteiger partial charge in [-0.25, -0.2) is 31.1 Å². The van der Waals surface area contributed by atoms with Gasteiger partial charge in [0.25, 0.3) is 0 Å². The molecule has 0 unspecified atom stereocenters. The average molecular weight is 452 g/mol. The molecule has 0 bridgehead atoms. The molecular formula is C22H20F4N2O2S. The number of aryl methyl sites for hydroxylation is 2. The molecule has 0 amide bonds. The fraction of sp³-hybridized carbons (Fsp3) is 0.182. The molecule has 3 rings (SSSR count). The van der Waals surface area contributed by atoms with Gasteiger partial charge in [0, 0.05) is 30.9 Å². The summed E-state index contributed by atoms with van der Waals surface area (Å²) >= 11 is 0. The average Bonchev–Trinajstić information content (AvgIpc) is 2.67. The molecule has 0 aliphatic heterocycles. The lowest BCUT2D eigenvalue weighted by Gasteiger charge is -2.21. The number of sulfonamides is 1. The van der Waals surface area contributed by atoms with Gasteiger partial charge in [0.05, 0.1) is 4.90 Å². The van der Waals surface area contributed by atoms with E-state index in [2.05, 4.69) is 0 Å². The summed E-state index contributed by atoms with van der Waals surface area (Å²) in [4.78, 5) is 1.59. The van der Waals surface area contributed by atoms with Crippen molar-refractivity contribution in [1.29, 1.82) is 0 Å². The highest BCUT2D eigenvalue weighted by molar-refractivity contribution is 7.89. The molecule has 3 aromatic rings. The molecule has 0 saturated carbocycles. The van der Waals surface area contributed by atoms with E-state index in [1.165, 1.54) is 0 Å². The zero-order chi connectivity index (χ0) is 23.2. The Morgan fingerprint density at radius 1 is 0.742 bits per heavy atom. The van der Waals surface area contributed by atoms with Crippen molar-refractivity contribution in [3.8, 4) is 22.3 Å². The highest BCUT2D eigenvalue weighted by Gasteiger charge is 2.28. The van der Waals surface area contributed by atoms with Crippen molar-refractivity contribution < 1.29 is 26.0 Å². The molecule has 0 aliphatic carbocycles. The second kappa shape index (κ2) is 7.97. The zero-order valence-corrected chi connectivity index (χ0v) is 18.0. The Kier molecular flexibility index (Phi) is 5.86. The Balaban J connectivity index is 2.37. The van der Waals surface area contributed by atoms with E-state index in [9.17, 15) is 26.0 Å². The minimum Gasteiger partial charge on any atom is -0.377 e. The summed E-state index contributed by atoms with van der Waals surface area (Å²) in [7, 11) is -0.379. The SMILES string of the molecule is Cc1cc(-c2c(F)c(F)c(F)c(F)c2-c2ccc(S(N)(=O)=O)cc2)cc(C)c1N(C)C. The first-order chi connectivity index (χ1) is 14.3. The molecule has 4 nitrogen and oxygen atoms in total. The van der Waals surface area contributed by atoms with Crippen molar-refractivity contribution in [2.45, 2.75) is 18.7 Å². The smallest absolute Gasteiger partial charge is 0.238 e. The number of hydrogen-bond acceptors (Lipinski definition) is 3. The molecule has 0 spiro atoms. The van der Waals surface area contributed by atoms with Crippen molar-refractivity contribution in [2.24, 2.45) is 5.14 Å². The maximum Gasteiger partial charge on any atom is 0.238 e. The van der Waals surface area contributed by atoms with Gasteiger partial charge in [-0.2, -0.15) is 0 Å². The van der Waals surface area contributed by atoms with E-state index in [1.54, 1.807) is 26.0 Å². The van der Waals surface area contributed by atoms with Crippen LogP contribution in [0.5, 0.6) is 0 Å². The van der Waals surface area contributed by atoms with Gasteiger partial charge in [-0.05, 0) is 60.4 Å². The van der Waals surface area contributed by atoms with Crippen molar-refractivity contribution in [2.75, 3.05) is 19.0 Å². The van der Waals surface area contributed by atoms with E-state index in [1.807, 2.05) is 19.0 Å². The molecule has 0 heterocycles. The van der Waals surface area contributed by atoms with Crippen LogP contribution in [0.4, 0.5) is 23.2 Å². The Labute approximate surface area is 178 Å². The number of anilines is 1.